The van der Waals surface area contributed by atoms with E-state index < -0.39 is 0 Å². The Labute approximate surface area is 74.1 Å². The Morgan fingerprint density at radius 3 is 2.92 bits per heavy atom. The summed E-state index contributed by atoms with van der Waals surface area (Å²) in [6.07, 6.45) is 0. The number of hydrogen-bond acceptors (Lipinski definition) is 2. The van der Waals surface area contributed by atoms with Crippen LogP contribution in [0.2, 0.25) is 0 Å². The summed E-state index contributed by atoms with van der Waals surface area (Å²) in [6, 6.07) is 0.561. The van der Waals surface area contributed by atoms with Crippen LogP contribution in [0.25, 0.3) is 4.85 Å². The molecule has 0 aromatic carbocycles. The zero-order valence-electron chi connectivity index (χ0n) is 7.79. The fourth-order valence-corrected chi connectivity index (χ4v) is 1.36. The lowest BCUT2D eigenvalue weighted by Crippen LogP contribution is -2.36. The van der Waals surface area contributed by atoms with Gasteiger partial charge in [-0.3, -0.25) is 4.90 Å². The molecular formula is C9H16N2O. The van der Waals surface area contributed by atoms with E-state index in [1.807, 2.05) is 0 Å². The minimum absolute atomic E-state index is 0.0369. The van der Waals surface area contributed by atoms with Gasteiger partial charge >= 0.3 is 0 Å². The second kappa shape index (κ2) is 4.44. The molecule has 12 heavy (non-hydrogen) atoms. The van der Waals surface area contributed by atoms with Crippen molar-refractivity contribution in [1.82, 2.24) is 4.90 Å². The van der Waals surface area contributed by atoms with E-state index in [-0.39, 0.29) is 6.04 Å². The van der Waals surface area contributed by atoms with E-state index in [2.05, 4.69) is 23.6 Å². The summed E-state index contributed by atoms with van der Waals surface area (Å²) in [5, 5.41) is 0. The molecule has 1 aliphatic rings. The van der Waals surface area contributed by atoms with Crippen LogP contribution >= 0.6 is 0 Å². The van der Waals surface area contributed by atoms with Gasteiger partial charge in [-0.2, -0.15) is 0 Å². The Morgan fingerprint density at radius 2 is 2.33 bits per heavy atom. The van der Waals surface area contributed by atoms with Crippen molar-refractivity contribution in [2.24, 2.45) is 0 Å². The second-order valence-corrected chi connectivity index (χ2v) is 3.45. The summed E-state index contributed by atoms with van der Waals surface area (Å²) >= 11 is 0. The SMILES string of the molecule is [C-]#[N+][C@H]1COCCN(C(C)C)C1. The highest BCUT2D eigenvalue weighted by molar-refractivity contribution is 4.84. The number of hydrogen-bond donors (Lipinski definition) is 0. The van der Waals surface area contributed by atoms with Gasteiger partial charge in [-0.15, -0.1) is 0 Å². The summed E-state index contributed by atoms with van der Waals surface area (Å²) in [7, 11) is 0. The molecule has 1 rings (SSSR count). The lowest BCUT2D eigenvalue weighted by atomic mass is 10.2. The standard InChI is InChI=1S/C9H16N2O/c1-8(2)11-4-5-12-7-9(6-11)10-3/h8-9H,4-7H2,1-2H3/t9-/m1/s1. The maximum atomic E-state index is 6.94. The zero-order chi connectivity index (χ0) is 8.97. The van der Waals surface area contributed by atoms with Crippen LogP contribution in [0, 0.1) is 6.57 Å². The van der Waals surface area contributed by atoms with Gasteiger partial charge in [0.2, 0.25) is 0 Å². The third kappa shape index (κ3) is 2.47. The van der Waals surface area contributed by atoms with Crippen LogP contribution in [-0.2, 0) is 4.74 Å². The molecule has 68 valence electrons. The first kappa shape index (κ1) is 9.50. The number of rotatable bonds is 1. The van der Waals surface area contributed by atoms with E-state index in [0.29, 0.717) is 12.6 Å². The van der Waals surface area contributed by atoms with Gasteiger partial charge in [0.1, 0.15) is 6.61 Å². The van der Waals surface area contributed by atoms with Crippen LogP contribution in [-0.4, -0.2) is 43.3 Å². The fourth-order valence-electron chi connectivity index (χ4n) is 1.36. The van der Waals surface area contributed by atoms with Gasteiger partial charge in [0.25, 0.3) is 6.04 Å². The Morgan fingerprint density at radius 1 is 1.58 bits per heavy atom. The number of ether oxygens (including phenoxy) is 1. The molecule has 3 nitrogen and oxygen atoms in total. The topological polar surface area (TPSA) is 16.8 Å². The predicted molar refractivity (Wildman–Crippen MR) is 47.9 cm³/mol. The van der Waals surface area contributed by atoms with Crippen molar-refractivity contribution in [2.75, 3.05) is 26.3 Å². The lowest BCUT2D eigenvalue weighted by Gasteiger charge is -2.22. The van der Waals surface area contributed by atoms with Gasteiger partial charge in [0.15, 0.2) is 0 Å². The van der Waals surface area contributed by atoms with Gasteiger partial charge in [0.05, 0.1) is 13.2 Å². The van der Waals surface area contributed by atoms with E-state index in [4.69, 9.17) is 11.3 Å². The smallest absolute Gasteiger partial charge is 0.259 e. The van der Waals surface area contributed by atoms with E-state index in [1.54, 1.807) is 0 Å². The first-order valence-electron chi connectivity index (χ1n) is 4.42. The zero-order valence-corrected chi connectivity index (χ0v) is 7.79. The summed E-state index contributed by atoms with van der Waals surface area (Å²) in [5.74, 6) is 0. The van der Waals surface area contributed by atoms with Crippen molar-refractivity contribution in [3.05, 3.63) is 11.4 Å². The molecule has 1 aliphatic heterocycles. The average Bonchev–Trinajstić information content (AvgIpc) is 2.28. The summed E-state index contributed by atoms with van der Waals surface area (Å²) < 4.78 is 5.32. The fraction of sp³-hybridized carbons (Fsp3) is 0.889. The minimum atomic E-state index is 0.0369. The molecular weight excluding hydrogens is 152 g/mol. The Hall–Kier alpha value is -0.590. The molecule has 0 aromatic rings. The molecule has 0 bridgehead atoms. The molecule has 0 aliphatic carbocycles. The van der Waals surface area contributed by atoms with Crippen LogP contribution in [0.4, 0.5) is 0 Å². The highest BCUT2D eigenvalue weighted by Gasteiger charge is 2.23. The van der Waals surface area contributed by atoms with Crippen LogP contribution in [0.5, 0.6) is 0 Å². The van der Waals surface area contributed by atoms with Crippen LogP contribution < -0.4 is 0 Å². The van der Waals surface area contributed by atoms with Crippen molar-refractivity contribution < 1.29 is 4.74 Å². The molecule has 0 N–H and O–H groups in total. The Balaban J connectivity index is 2.49. The predicted octanol–water partition coefficient (Wildman–Crippen LogP) is 1.01. The van der Waals surface area contributed by atoms with Gasteiger partial charge in [-0.05, 0) is 13.8 Å². The summed E-state index contributed by atoms with van der Waals surface area (Å²) in [5.41, 5.74) is 0. The summed E-state index contributed by atoms with van der Waals surface area (Å²) in [4.78, 5) is 5.82. The average molecular weight is 168 g/mol. The molecule has 0 saturated carbocycles. The maximum Gasteiger partial charge on any atom is 0.259 e. The van der Waals surface area contributed by atoms with E-state index in [1.165, 1.54) is 0 Å². The molecule has 0 aromatic heterocycles. The normalized spacial score (nSPS) is 26.7. The lowest BCUT2D eigenvalue weighted by molar-refractivity contribution is 0.134. The van der Waals surface area contributed by atoms with E-state index >= 15 is 0 Å². The largest absolute Gasteiger partial charge is 0.372 e. The molecule has 1 saturated heterocycles. The third-order valence-electron chi connectivity index (χ3n) is 2.19. The maximum absolute atomic E-state index is 6.94. The van der Waals surface area contributed by atoms with Crippen molar-refractivity contribution in [2.45, 2.75) is 25.9 Å². The highest BCUT2D eigenvalue weighted by Crippen LogP contribution is 2.06. The Bertz CT molecular complexity index is 174. The van der Waals surface area contributed by atoms with Crippen LogP contribution in [0.1, 0.15) is 13.8 Å². The molecule has 0 spiro atoms. The molecule has 0 radical (unpaired) electrons. The minimum Gasteiger partial charge on any atom is -0.372 e. The van der Waals surface area contributed by atoms with Gasteiger partial charge in [0, 0.05) is 12.6 Å². The van der Waals surface area contributed by atoms with Crippen LogP contribution in [0.15, 0.2) is 0 Å². The van der Waals surface area contributed by atoms with Crippen molar-refractivity contribution in [3.8, 4) is 0 Å². The van der Waals surface area contributed by atoms with Crippen molar-refractivity contribution >= 4 is 0 Å². The monoisotopic (exact) mass is 168 g/mol. The molecule has 1 heterocycles. The number of nitrogens with zero attached hydrogens (tertiary/aromatic N) is 2. The van der Waals surface area contributed by atoms with Crippen molar-refractivity contribution in [1.29, 1.82) is 0 Å². The molecule has 3 heteroatoms. The molecule has 1 atom stereocenters. The van der Waals surface area contributed by atoms with Gasteiger partial charge in [-0.1, -0.05) is 0 Å². The Kier molecular flexibility index (Phi) is 3.51. The quantitative estimate of drug-likeness (QED) is 0.544. The van der Waals surface area contributed by atoms with Gasteiger partial charge < -0.3 is 9.58 Å². The van der Waals surface area contributed by atoms with E-state index in [9.17, 15) is 0 Å². The molecule has 1 fully saturated rings. The molecule has 0 amide bonds. The summed E-state index contributed by atoms with van der Waals surface area (Å²) in [6.45, 7) is 14.5. The van der Waals surface area contributed by atoms with Gasteiger partial charge in [-0.25, -0.2) is 6.57 Å². The van der Waals surface area contributed by atoms with Crippen molar-refractivity contribution in [3.63, 3.8) is 0 Å². The highest BCUT2D eigenvalue weighted by atomic mass is 16.5. The van der Waals surface area contributed by atoms with E-state index in [0.717, 1.165) is 19.7 Å². The first-order valence-corrected chi connectivity index (χ1v) is 4.42. The first-order chi connectivity index (χ1) is 5.74. The second-order valence-electron chi connectivity index (χ2n) is 3.45. The van der Waals surface area contributed by atoms with Crippen LogP contribution in [0.3, 0.4) is 0 Å². The third-order valence-corrected chi connectivity index (χ3v) is 2.19. The molecule has 0 unspecified atom stereocenters.